The van der Waals surface area contributed by atoms with Crippen LogP contribution in [0, 0.1) is 12.8 Å². The molecule has 0 saturated carbocycles. The molecule has 5 nitrogen and oxygen atoms in total. The molecular formula is C23H26N2O3S2. The normalized spacial score (nSPS) is 12.5. The molecule has 0 saturated heterocycles. The fraction of sp³-hybridized carbons (Fsp3) is 0.261. The number of rotatable bonds is 8. The minimum atomic E-state index is -3.91. The van der Waals surface area contributed by atoms with Crippen LogP contribution in [-0.2, 0) is 14.8 Å². The molecule has 1 atom stereocenters. The molecule has 0 bridgehead atoms. The van der Waals surface area contributed by atoms with Crippen molar-refractivity contribution in [1.29, 1.82) is 0 Å². The molecule has 3 rings (SSSR count). The minimum absolute atomic E-state index is 0.153. The zero-order valence-electron chi connectivity index (χ0n) is 17.3. The molecule has 0 aliphatic heterocycles. The molecule has 1 N–H and O–H groups in total. The maximum Gasteiger partial charge on any atom is 0.264 e. The number of carbonyl (C=O) groups is 1. The molecule has 158 valence electrons. The number of anilines is 1. The predicted octanol–water partition coefficient (Wildman–Crippen LogP) is 4.77. The first kappa shape index (κ1) is 22.1. The summed E-state index contributed by atoms with van der Waals surface area (Å²) in [6, 6.07) is 19.1. The van der Waals surface area contributed by atoms with Gasteiger partial charge in [-0.2, -0.15) is 0 Å². The molecule has 0 radical (unpaired) electrons. The van der Waals surface area contributed by atoms with Gasteiger partial charge >= 0.3 is 0 Å². The third-order valence-electron chi connectivity index (χ3n) is 4.84. The van der Waals surface area contributed by atoms with Gasteiger partial charge in [0.05, 0.1) is 16.6 Å². The first-order chi connectivity index (χ1) is 14.3. The molecule has 1 aromatic heterocycles. The van der Waals surface area contributed by atoms with E-state index < -0.39 is 10.0 Å². The van der Waals surface area contributed by atoms with E-state index in [0.717, 1.165) is 10.4 Å². The molecule has 7 heteroatoms. The number of amides is 1. The molecule has 1 amide bonds. The van der Waals surface area contributed by atoms with E-state index in [1.54, 1.807) is 53.8 Å². The minimum Gasteiger partial charge on any atom is -0.347 e. The van der Waals surface area contributed by atoms with Crippen LogP contribution in [0.2, 0.25) is 0 Å². The Labute approximate surface area is 182 Å². The van der Waals surface area contributed by atoms with Crippen molar-refractivity contribution in [2.45, 2.75) is 31.7 Å². The van der Waals surface area contributed by atoms with Crippen molar-refractivity contribution in [3.05, 3.63) is 82.6 Å². The number of carbonyl (C=O) groups excluding carboxylic acids is 1. The van der Waals surface area contributed by atoms with Crippen molar-refractivity contribution in [3.8, 4) is 0 Å². The first-order valence-corrected chi connectivity index (χ1v) is 12.1. The Hall–Kier alpha value is -2.64. The molecular weight excluding hydrogens is 416 g/mol. The number of para-hydroxylation sites is 1. The summed E-state index contributed by atoms with van der Waals surface area (Å²) in [6.07, 6.45) is 0. The highest BCUT2D eigenvalue weighted by molar-refractivity contribution is 7.92. The number of thiophene rings is 1. The van der Waals surface area contributed by atoms with Crippen molar-refractivity contribution in [2.75, 3.05) is 10.8 Å². The number of sulfonamides is 1. The summed E-state index contributed by atoms with van der Waals surface area (Å²) in [4.78, 5) is 14.2. The summed E-state index contributed by atoms with van der Waals surface area (Å²) < 4.78 is 28.0. The number of aryl methyl sites for hydroxylation is 1. The van der Waals surface area contributed by atoms with Gasteiger partial charge < -0.3 is 5.32 Å². The Morgan fingerprint density at radius 3 is 2.27 bits per heavy atom. The van der Waals surface area contributed by atoms with E-state index in [-0.39, 0.29) is 29.3 Å². The summed E-state index contributed by atoms with van der Waals surface area (Å²) in [5.74, 6) is -0.171. The SMILES string of the molecule is Cc1ccccc1N(CC(=O)N[C@H](c1cccs1)C(C)C)S(=O)(=O)c1ccccc1. The van der Waals surface area contributed by atoms with Crippen LogP contribution in [0.1, 0.15) is 30.3 Å². The summed E-state index contributed by atoms with van der Waals surface area (Å²) in [6.45, 7) is 5.61. The molecule has 3 aromatic rings. The largest absolute Gasteiger partial charge is 0.347 e. The Morgan fingerprint density at radius 1 is 1.00 bits per heavy atom. The van der Waals surface area contributed by atoms with Crippen LogP contribution in [-0.4, -0.2) is 20.9 Å². The van der Waals surface area contributed by atoms with Crippen molar-refractivity contribution in [3.63, 3.8) is 0 Å². The van der Waals surface area contributed by atoms with Crippen LogP contribution in [0.15, 0.2) is 77.0 Å². The van der Waals surface area contributed by atoms with Crippen LogP contribution >= 0.6 is 11.3 Å². The Balaban J connectivity index is 1.93. The van der Waals surface area contributed by atoms with Gasteiger partial charge in [-0.05, 0) is 48.1 Å². The van der Waals surface area contributed by atoms with Gasteiger partial charge in [0.15, 0.2) is 0 Å². The number of hydrogen-bond acceptors (Lipinski definition) is 4. The van der Waals surface area contributed by atoms with Crippen LogP contribution in [0.4, 0.5) is 5.69 Å². The van der Waals surface area contributed by atoms with Crippen molar-refractivity contribution >= 4 is 33.0 Å². The molecule has 1 heterocycles. The third kappa shape index (κ3) is 4.91. The summed E-state index contributed by atoms with van der Waals surface area (Å²) in [5.41, 5.74) is 1.28. The standard InChI is InChI=1S/C23H26N2O3S2/c1-17(2)23(21-14-9-15-29-21)24-22(26)16-25(20-13-8-7-10-18(20)3)30(27,28)19-11-5-4-6-12-19/h4-15,17,23H,16H2,1-3H3,(H,24,26)/t23-/m0/s1. The fourth-order valence-corrected chi connectivity index (χ4v) is 5.70. The van der Waals surface area contributed by atoms with E-state index in [4.69, 9.17) is 0 Å². The average molecular weight is 443 g/mol. The van der Waals surface area contributed by atoms with E-state index >= 15 is 0 Å². The highest BCUT2D eigenvalue weighted by Crippen LogP contribution is 2.28. The summed E-state index contributed by atoms with van der Waals surface area (Å²) in [5, 5.41) is 5.00. The molecule has 0 fully saturated rings. The molecule has 0 unspecified atom stereocenters. The lowest BCUT2D eigenvalue weighted by atomic mass is 10.0. The maximum atomic E-state index is 13.4. The third-order valence-corrected chi connectivity index (χ3v) is 7.56. The van der Waals surface area contributed by atoms with Crippen molar-refractivity contribution in [2.24, 2.45) is 5.92 Å². The molecule has 0 aliphatic carbocycles. The zero-order valence-corrected chi connectivity index (χ0v) is 18.9. The van der Waals surface area contributed by atoms with Gasteiger partial charge in [0.1, 0.15) is 6.54 Å². The molecule has 0 spiro atoms. The topological polar surface area (TPSA) is 66.5 Å². The van der Waals surface area contributed by atoms with Gasteiger partial charge in [0, 0.05) is 4.88 Å². The second-order valence-electron chi connectivity index (χ2n) is 7.42. The predicted molar refractivity (Wildman–Crippen MR) is 122 cm³/mol. The number of nitrogens with one attached hydrogen (secondary N) is 1. The van der Waals surface area contributed by atoms with Crippen LogP contribution in [0.25, 0.3) is 0 Å². The van der Waals surface area contributed by atoms with E-state index in [1.165, 1.54) is 4.31 Å². The first-order valence-electron chi connectivity index (χ1n) is 9.77. The zero-order chi connectivity index (χ0) is 21.7. The van der Waals surface area contributed by atoms with Gasteiger partial charge in [-0.3, -0.25) is 9.10 Å². The maximum absolute atomic E-state index is 13.4. The Bertz CT molecular complexity index is 1080. The van der Waals surface area contributed by atoms with E-state index in [2.05, 4.69) is 5.32 Å². The smallest absolute Gasteiger partial charge is 0.264 e. The number of benzene rings is 2. The van der Waals surface area contributed by atoms with Gasteiger partial charge in [-0.1, -0.05) is 56.3 Å². The lowest BCUT2D eigenvalue weighted by Crippen LogP contribution is -2.43. The van der Waals surface area contributed by atoms with Crippen LogP contribution < -0.4 is 9.62 Å². The highest BCUT2D eigenvalue weighted by Gasteiger charge is 2.29. The summed E-state index contributed by atoms with van der Waals surface area (Å²) >= 11 is 1.57. The summed E-state index contributed by atoms with van der Waals surface area (Å²) in [7, 11) is -3.91. The lowest BCUT2D eigenvalue weighted by Gasteiger charge is -2.27. The van der Waals surface area contributed by atoms with Gasteiger partial charge in [-0.25, -0.2) is 8.42 Å². The second kappa shape index (κ2) is 9.45. The molecule has 30 heavy (non-hydrogen) atoms. The van der Waals surface area contributed by atoms with Gasteiger partial charge in [0.2, 0.25) is 5.91 Å². The van der Waals surface area contributed by atoms with Crippen molar-refractivity contribution < 1.29 is 13.2 Å². The Kier molecular flexibility index (Phi) is 6.95. The molecule has 2 aromatic carbocycles. The average Bonchev–Trinajstić information content (AvgIpc) is 3.25. The number of hydrogen-bond donors (Lipinski definition) is 1. The van der Waals surface area contributed by atoms with Crippen LogP contribution in [0.3, 0.4) is 0 Å². The van der Waals surface area contributed by atoms with Gasteiger partial charge in [0.25, 0.3) is 10.0 Å². The fourth-order valence-electron chi connectivity index (χ4n) is 3.25. The van der Waals surface area contributed by atoms with E-state index in [0.29, 0.717) is 5.69 Å². The van der Waals surface area contributed by atoms with Crippen LogP contribution in [0.5, 0.6) is 0 Å². The Morgan fingerprint density at radius 2 is 1.67 bits per heavy atom. The van der Waals surface area contributed by atoms with Gasteiger partial charge in [-0.15, -0.1) is 11.3 Å². The number of nitrogens with zero attached hydrogens (tertiary/aromatic N) is 1. The monoisotopic (exact) mass is 442 g/mol. The molecule has 0 aliphatic rings. The highest BCUT2D eigenvalue weighted by atomic mass is 32.2. The van der Waals surface area contributed by atoms with E-state index in [1.807, 2.05) is 50.4 Å². The van der Waals surface area contributed by atoms with Crippen molar-refractivity contribution in [1.82, 2.24) is 5.32 Å². The lowest BCUT2D eigenvalue weighted by molar-refractivity contribution is -0.120. The quantitative estimate of drug-likeness (QED) is 0.547. The van der Waals surface area contributed by atoms with E-state index in [9.17, 15) is 13.2 Å². The second-order valence-corrected chi connectivity index (χ2v) is 10.3.